The molecule has 9 nitrogen and oxygen atoms in total. The minimum Gasteiger partial charge on any atom is -0.365 e. The van der Waals surface area contributed by atoms with Crippen LogP contribution in [0.2, 0.25) is 0 Å². The van der Waals surface area contributed by atoms with Gasteiger partial charge in [0.1, 0.15) is 17.7 Å². The second kappa shape index (κ2) is 8.83. The van der Waals surface area contributed by atoms with E-state index in [4.69, 9.17) is 11.5 Å². The molecule has 30 heavy (non-hydrogen) atoms. The van der Waals surface area contributed by atoms with Crippen LogP contribution in [-0.2, 0) is 0 Å². The van der Waals surface area contributed by atoms with Crippen molar-refractivity contribution >= 4 is 23.4 Å². The molecule has 2 aromatic heterocycles. The van der Waals surface area contributed by atoms with Crippen molar-refractivity contribution in [2.24, 2.45) is 11.5 Å². The van der Waals surface area contributed by atoms with Crippen LogP contribution in [0, 0.1) is 0 Å². The van der Waals surface area contributed by atoms with Crippen molar-refractivity contribution in [2.45, 2.75) is 37.8 Å². The Morgan fingerprint density at radius 3 is 2.43 bits per heavy atom. The lowest BCUT2D eigenvalue weighted by molar-refractivity contribution is 0.100. The topological polar surface area (TPSA) is 145 Å². The Bertz CT molecular complexity index is 1010. The molecule has 6 N–H and O–H groups in total. The third-order valence-corrected chi connectivity index (χ3v) is 5.23. The molecule has 154 valence electrons. The van der Waals surface area contributed by atoms with Gasteiger partial charge in [0.25, 0.3) is 5.91 Å². The quantitative estimate of drug-likeness (QED) is 0.490. The van der Waals surface area contributed by atoms with Crippen LogP contribution in [0.4, 0.5) is 17.5 Å². The van der Waals surface area contributed by atoms with Gasteiger partial charge in [0, 0.05) is 41.9 Å². The Morgan fingerprint density at radius 1 is 1.00 bits per heavy atom. The van der Waals surface area contributed by atoms with Crippen LogP contribution in [-0.4, -0.2) is 37.9 Å². The van der Waals surface area contributed by atoms with Crippen LogP contribution in [0.15, 0.2) is 49.2 Å². The third kappa shape index (κ3) is 4.52. The average Bonchev–Trinajstić information content (AvgIpc) is 2.76. The van der Waals surface area contributed by atoms with Crippen LogP contribution >= 0.6 is 0 Å². The fraction of sp³-hybridized carbons (Fsp3) is 0.286. The molecule has 0 spiro atoms. The number of benzene rings is 1. The summed E-state index contributed by atoms with van der Waals surface area (Å²) in [4.78, 5) is 28.7. The van der Waals surface area contributed by atoms with Gasteiger partial charge >= 0.3 is 0 Å². The zero-order chi connectivity index (χ0) is 20.9. The Kier molecular flexibility index (Phi) is 5.80. The number of primary amides is 1. The molecule has 1 aromatic carbocycles. The second-order valence-corrected chi connectivity index (χ2v) is 7.35. The van der Waals surface area contributed by atoms with Crippen molar-refractivity contribution in [1.82, 2.24) is 19.9 Å². The molecule has 3 aromatic rings. The fourth-order valence-corrected chi connectivity index (χ4v) is 3.56. The number of nitrogens with zero attached hydrogens (tertiary/aromatic N) is 4. The Morgan fingerprint density at radius 2 is 1.73 bits per heavy atom. The van der Waals surface area contributed by atoms with Crippen LogP contribution in [0.1, 0.15) is 36.0 Å². The molecule has 4 rings (SSSR count). The van der Waals surface area contributed by atoms with Gasteiger partial charge in [0.2, 0.25) is 5.95 Å². The first-order chi connectivity index (χ1) is 14.6. The summed E-state index contributed by atoms with van der Waals surface area (Å²) in [7, 11) is 0. The van der Waals surface area contributed by atoms with E-state index in [-0.39, 0.29) is 17.6 Å². The van der Waals surface area contributed by atoms with Crippen molar-refractivity contribution in [2.75, 3.05) is 10.6 Å². The van der Waals surface area contributed by atoms with E-state index < -0.39 is 5.91 Å². The largest absolute Gasteiger partial charge is 0.365 e. The molecule has 2 atom stereocenters. The summed E-state index contributed by atoms with van der Waals surface area (Å²) in [5.41, 5.74) is 14.6. The van der Waals surface area contributed by atoms with E-state index in [1.807, 2.05) is 24.3 Å². The van der Waals surface area contributed by atoms with Crippen molar-refractivity contribution in [3.05, 3.63) is 54.7 Å². The molecular weight excluding hydrogens is 380 g/mol. The van der Waals surface area contributed by atoms with Crippen molar-refractivity contribution in [3.8, 4) is 11.1 Å². The van der Waals surface area contributed by atoms with Gasteiger partial charge in [-0.05, 0) is 30.5 Å². The molecule has 2 heterocycles. The lowest BCUT2D eigenvalue weighted by Crippen LogP contribution is -2.43. The Hall–Kier alpha value is -3.59. The first kappa shape index (κ1) is 19.7. The van der Waals surface area contributed by atoms with E-state index in [1.54, 1.807) is 12.4 Å². The number of hydrogen-bond acceptors (Lipinski definition) is 8. The Balaban J connectivity index is 1.55. The number of amides is 1. The van der Waals surface area contributed by atoms with Crippen molar-refractivity contribution in [1.29, 1.82) is 0 Å². The Labute approximate surface area is 174 Å². The van der Waals surface area contributed by atoms with E-state index in [9.17, 15) is 4.79 Å². The second-order valence-electron chi connectivity index (χ2n) is 7.35. The van der Waals surface area contributed by atoms with Crippen LogP contribution in [0.3, 0.4) is 0 Å². The van der Waals surface area contributed by atoms with Gasteiger partial charge in [-0.25, -0.2) is 15.0 Å². The molecule has 1 aliphatic carbocycles. The number of nitrogens with two attached hydrogens (primary N) is 2. The molecular formula is C21H24N8O. The summed E-state index contributed by atoms with van der Waals surface area (Å²) in [6.45, 7) is 0. The summed E-state index contributed by atoms with van der Waals surface area (Å²) in [5.74, 6) is 0.166. The summed E-state index contributed by atoms with van der Waals surface area (Å²) < 4.78 is 0. The molecule has 0 saturated heterocycles. The first-order valence-corrected chi connectivity index (χ1v) is 9.91. The first-order valence-electron chi connectivity index (χ1n) is 9.91. The molecule has 1 amide bonds. The lowest BCUT2D eigenvalue weighted by Gasteiger charge is -2.29. The molecule has 2 unspecified atom stereocenters. The monoisotopic (exact) mass is 404 g/mol. The molecule has 1 aliphatic rings. The number of rotatable bonds is 6. The molecule has 1 saturated carbocycles. The van der Waals surface area contributed by atoms with Crippen LogP contribution in [0.25, 0.3) is 11.1 Å². The number of aromatic nitrogens is 4. The van der Waals surface area contributed by atoms with E-state index in [2.05, 4.69) is 30.6 Å². The lowest BCUT2D eigenvalue weighted by atomic mass is 9.91. The predicted octanol–water partition coefficient (Wildman–Crippen LogP) is 2.46. The maximum Gasteiger partial charge on any atom is 0.254 e. The summed E-state index contributed by atoms with van der Waals surface area (Å²) in [5, 5.41) is 6.47. The summed E-state index contributed by atoms with van der Waals surface area (Å²) in [6.07, 6.45) is 10.6. The zero-order valence-electron chi connectivity index (χ0n) is 16.5. The van der Waals surface area contributed by atoms with Gasteiger partial charge in [-0.1, -0.05) is 25.0 Å². The van der Waals surface area contributed by atoms with E-state index in [0.717, 1.165) is 42.5 Å². The smallest absolute Gasteiger partial charge is 0.254 e. The van der Waals surface area contributed by atoms with Crippen molar-refractivity contribution < 1.29 is 4.79 Å². The van der Waals surface area contributed by atoms with Gasteiger partial charge in [0.15, 0.2) is 0 Å². The maximum atomic E-state index is 11.9. The van der Waals surface area contributed by atoms with Gasteiger partial charge in [-0.3, -0.25) is 4.79 Å². The standard InChI is InChI=1S/C21H24N8O/c22-17-3-1-2-4-18(17)28-21-26-11-16(19(23)30)20(29-21)27-15-7-5-13(6-8-15)14-9-24-12-25-10-14/h5-12,17-18H,1-4,22H2,(H2,23,30)(H2,26,27,28,29). The number of carbonyl (C=O) groups is 1. The molecule has 0 aliphatic heterocycles. The highest BCUT2D eigenvalue weighted by molar-refractivity contribution is 5.98. The van der Waals surface area contributed by atoms with Gasteiger partial charge < -0.3 is 22.1 Å². The minimum absolute atomic E-state index is 0.0593. The van der Waals surface area contributed by atoms with Crippen LogP contribution in [0.5, 0.6) is 0 Å². The van der Waals surface area contributed by atoms with Gasteiger partial charge in [-0.15, -0.1) is 0 Å². The van der Waals surface area contributed by atoms with Crippen LogP contribution < -0.4 is 22.1 Å². The van der Waals surface area contributed by atoms with Gasteiger partial charge in [0.05, 0.1) is 0 Å². The number of hydrogen-bond donors (Lipinski definition) is 4. The minimum atomic E-state index is -0.600. The van der Waals surface area contributed by atoms with E-state index >= 15 is 0 Å². The summed E-state index contributed by atoms with van der Waals surface area (Å²) in [6, 6.07) is 7.82. The number of carbonyl (C=O) groups excluding carboxylic acids is 1. The van der Waals surface area contributed by atoms with E-state index in [1.165, 1.54) is 12.5 Å². The highest BCUT2D eigenvalue weighted by atomic mass is 16.1. The molecule has 1 fully saturated rings. The molecule has 9 heteroatoms. The molecule has 0 bridgehead atoms. The highest BCUT2D eigenvalue weighted by Crippen LogP contribution is 2.25. The fourth-order valence-electron chi connectivity index (χ4n) is 3.56. The number of anilines is 3. The highest BCUT2D eigenvalue weighted by Gasteiger charge is 2.23. The average molecular weight is 404 g/mol. The molecule has 0 radical (unpaired) electrons. The van der Waals surface area contributed by atoms with Crippen molar-refractivity contribution in [3.63, 3.8) is 0 Å². The van der Waals surface area contributed by atoms with E-state index in [0.29, 0.717) is 11.8 Å². The zero-order valence-corrected chi connectivity index (χ0v) is 16.5. The predicted molar refractivity (Wildman–Crippen MR) is 115 cm³/mol. The van der Waals surface area contributed by atoms with Gasteiger partial charge in [-0.2, -0.15) is 4.98 Å². The third-order valence-electron chi connectivity index (χ3n) is 5.23. The SMILES string of the molecule is NC(=O)c1cnc(NC2CCCCC2N)nc1Nc1ccc(-c2cncnc2)cc1. The normalized spacial score (nSPS) is 18.6. The summed E-state index contributed by atoms with van der Waals surface area (Å²) >= 11 is 0. The maximum absolute atomic E-state index is 11.9. The number of nitrogens with one attached hydrogen (secondary N) is 2.